The molecule has 0 aliphatic carbocycles. The lowest BCUT2D eigenvalue weighted by molar-refractivity contribution is 0.0944. The lowest BCUT2D eigenvalue weighted by Crippen LogP contribution is -2.24. The Labute approximate surface area is 136 Å². The van der Waals surface area contributed by atoms with E-state index in [1.807, 2.05) is 47.9 Å². The van der Waals surface area contributed by atoms with Gasteiger partial charge in [0.2, 0.25) is 0 Å². The smallest absolute Gasteiger partial charge is 0.272 e. The van der Waals surface area contributed by atoms with Crippen LogP contribution in [0.1, 0.15) is 22.1 Å². The van der Waals surface area contributed by atoms with Crippen LogP contribution in [0.3, 0.4) is 0 Å². The molecule has 0 atom stereocenters. The summed E-state index contributed by atoms with van der Waals surface area (Å²) in [6.07, 6.45) is 1.85. The molecule has 0 bridgehead atoms. The Morgan fingerprint density at radius 3 is 3.04 bits per heavy atom. The zero-order chi connectivity index (χ0) is 16.5. The van der Waals surface area contributed by atoms with Gasteiger partial charge < -0.3 is 9.73 Å². The fraction of sp³-hybridized carbons (Fsp3) is 0.125. The third-order valence-electron chi connectivity index (χ3n) is 3.61. The van der Waals surface area contributed by atoms with Crippen molar-refractivity contribution in [2.45, 2.75) is 13.5 Å². The van der Waals surface area contributed by atoms with E-state index < -0.39 is 0 Å². The van der Waals surface area contributed by atoms with Crippen LogP contribution in [0.5, 0.6) is 0 Å². The van der Waals surface area contributed by atoms with Crippen molar-refractivity contribution < 1.29 is 9.21 Å². The van der Waals surface area contributed by atoms with Crippen LogP contribution in [0.25, 0.3) is 17.1 Å². The molecule has 0 aromatic carbocycles. The predicted octanol–water partition coefficient (Wildman–Crippen LogP) is 1.95. The Kier molecular flexibility index (Phi) is 3.34. The molecule has 8 nitrogen and oxygen atoms in total. The molecule has 120 valence electrons. The Balaban J connectivity index is 1.48. The van der Waals surface area contributed by atoms with Crippen LogP contribution in [0, 0.1) is 6.92 Å². The zero-order valence-corrected chi connectivity index (χ0v) is 12.9. The number of aryl methyl sites for hydroxylation is 1. The summed E-state index contributed by atoms with van der Waals surface area (Å²) in [5.41, 5.74) is 1.67. The molecule has 4 aromatic heterocycles. The minimum Gasteiger partial charge on any atom is -0.460 e. The molecule has 0 aliphatic rings. The van der Waals surface area contributed by atoms with Gasteiger partial charge in [-0.15, -0.1) is 10.2 Å². The van der Waals surface area contributed by atoms with Crippen molar-refractivity contribution in [3.05, 3.63) is 59.9 Å². The van der Waals surface area contributed by atoms with E-state index in [-0.39, 0.29) is 18.1 Å². The topological polar surface area (TPSA) is 101 Å². The van der Waals surface area contributed by atoms with Crippen LogP contribution in [0.4, 0.5) is 0 Å². The minimum absolute atomic E-state index is 0.256. The van der Waals surface area contributed by atoms with E-state index in [9.17, 15) is 4.79 Å². The first-order chi connectivity index (χ1) is 11.7. The van der Waals surface area contributed by atoms with E-state index in [0.717, 1.165) is 11.4 Å². The number of fused-ring (bicyclic) bond motifs is 1. The monoisotopic (exact) mass is 322 g/mol. The second kappa shape index (κ2) is 5.65. The third kappa shape index (κ3) is 2.54. The highest BCUT2D eigenvalue weighted by Gasteiger charge is 2.14. The van der Waals surface area contributed by atoms with E-state index in [1.165, 1.54) is 0 Å². The van der Waals surface area contributed by atoms with E-state index in [2.05, 4.69) is 25.7 Å². The van der Waals surface area contributed by atoms with E-state index in [0.29, 0.717) is 17.3 Å². The van der Waals surface area contributed by atoms with Gasteiger partial charge in [0, 0.05) is 12.3 Å². The Morgan fingerprint density at radius 2 is 2.21 bits per heavy atom. The van der Waals surface area contributed by atoms with Crippen LogP contribution in [-0.2, 0) is 6.54 Å². The summed E-state index contributed by atoms with van der Waals surface area (Å²) in [6, 6.07) is 10.9. The van der Waals surface area contributed by atoms with Gasteiger partial charge in [-0.05, 0) is 31.2 Å². The first-order valence-electron chi connectivity index (χ1n) is 7.40. The zero-order valence-electron chi connectivity index (χ0n) is 12.9. The normalized spacial score (nSPS) is 11.0. The molecule has 8 heteroatoms. The Hall–Kier alpha value is -3.42. The maximum atomic E-state index is 12.2. The number of aromatic nitrogens is 5. The Morgan fingerprint density at radius 1 is 1.29 bits per heavy atom. The molecule has 0 saturated heterocycles. The molecule has 0 aliphatic heterocycles. The average Bonchev–Trinajstić information content (AvgIpc) is 3.31. The number of nitrogens with zero attached hydrogens (tertiary/aromatic N) is 4. The number of hydrogen-bond acceptors (Lipinski definition) is 5. The summed E-state index contributed by atoms with van der Waals surface area (Å²) in [5, 5.41) is 17.7. The molecule has 24 heavy (non-hydrogen) atoms. The van der Waals surface area contributed by atoms with Gasteiger partial charge >= 0.3 is 0 Å². The molecular formula is C16H14N6O2. The molecule has 4 rings (SSSR count). The maximum absolute atomic E-state index is 12.2. The molecular weight excluding hydrogens is 308 g/mol. The van der Waals surface area contributed by atoms with Gasteiger partial charge in [0.05, 0.1) is 6.54 Å². The number of hydrogen-bond donors (Lipinski definition) is 2. The fourth-order valence-corrected chi connectivity index (χ4v) is 2.40. The van der Waals surface area contributed by atoms with Crippen LogP contribution < -0.4 is 5.32 Å². The standard InChI is InChI=1S/C16H14N6O2/c1-10-5-6-13(24-10)11-8-12(19-18-11)16(23)17-9-15-21-20-14-4-2-3-7-22(14)15/h2-8H,9H2,1H3,(H,17,23)(H,18,19). The fourth-order valence-electron chi connectivity index (χ4n) is 2.40. The van der Waals surface area contributed by atoms with Gasteiger partial charge in [0.25, 0.3) is 5.91 Å². The largest absolute Gasteiger partial charge is 0.460 e. The number of carbonyl (C=O) groups excluding carboxylic acids is 1. The summed E-state index contributed by atoms with van der Waals surface area (Å²) in [5.74, 6) is 1.79. The first-order valence-corrected chi connectivity index (χ1v) is 7.40. The van der Waals surface area contributed by atoms with E-state index in [1.54, 1.807) is 6.07 Å². The number of H-pyrrole nitrogens is 1. The number of carbonyl (C=O) groups is 1. The molecule has 2 N–H and O–H groups in total. The summed E-state index contributed by atoms with van der Waals surface area (Å²) in [4.78, 5) is 12.2. The lowest BCUT2D eigenvalue weighted by atomic mass is 10.3. The summed E-state index contributed by atoms with van der Waals surface area (Å²) < 4.78 is 7.33. The van der Waals surface area contributed by atoms with Crippen LogP contribution in [0.15, 0.2) is 47.0 Å². The van der Waals surface area contributed by atoms with Crippen molar-refractivity contribution in [3.63, 3.8) is 0 Å². The average molecular weight is 322 g/mol. The number of furan rings is 1. The molecule has 0 radical (unpaired) electrons. The van der Waals surface area contributed by atoms with Gasteiger partial charge in [0.1, 0.15) is 11.5 Å². The van der Waals surface area contributed by atoms with Crippen LogP contribution >= 0.6 is 0 Å². The van der Waals surface area contributed by atoms with Crippen LogP contribution in [-0.4, -0.2) is 30.7 Å². The van der Waals surface area contributed by atoms with Gasteiger partial charge in [0.15, 0.2) is 22.9 Å². The third-order valence-corrected chi connectivity index (χ3v) is 3.61. The van der Waals surface area contributed by atoms with Gasteiger partial charge in [-0.1, -0.05) is 6.07 Å². The van der Waals surface area contributed by atoms with Crippen molar-refractivity contribution in [2.75, 3.05) is 0 Å². The summed E-state index contributed by atoms with van der Waals surface area (Å²) in [7, 11) is 0. The number of aromatic amines is 1. The van der Waals surface area contributed by atoms with Crippen molar-refractivity contribution in [1.82, 2.24) is 30.1 Å². The second-order valence-corrected chi connectivity index (χ2v) is 5.30. The minimum atomic E-state index is -0.298. The molecule has 4 aromatic rings. The Bertz CT molecular complexity index is 1010. The van der Waals surface area contributed by atoms with Crippen molar-refractivity contribution in [3.8, 4) is 11.5 Å². The maximum Gasteiger partial charge on any atom is 0.272 e. The highest BCUT2D eigenvalue weighted by Crippen LogP contribution is 2.20. The second-order valence-electron chi connectivity index (χ2n) is 5.30. The summed E-state index contributed by atoms with van der Waals surface area (Å²) in [6.45, 7) is 2.11. The summed E-state index contributed by atoms with van der Waals surface area (Å²) >= 11 is 0. The molecule has 1 amide bonds. The van der Waals surface area contributed by atoms with Crippen molar-refractivity contribution in [1.29, 1.82) is 0 Å². The van der Waals surface area contributed by atoms with Crippen molar-refractivity contribution in [2.24, 2.45) is 0 Å². The van der Waals surface area contributed by atoms with Gasteiger partial charge in [-0.2, -0.15) is 5.10 Å². The molecule has 0 saturated carbocycles. The number of pyridine rings is 1. The van der Waals surface area contributed by atoms with Crippen LogP contribution in [0.2, 0.25) is 0 Å². The molecule has 0 spiro atoms. The van der Waals surface area contributed by atoms with E-state index in [4.69, 9.17) is 4.42 Å². The predicted molar refractivity (Wildman–Crippen MR) is 85.2 cm³/mol. The number of rotatable bonds is 4. The quantitative estimate of drug-likeness (QED) is 0.598. The van der Waals surface area contributed by atoms with Crippen molar-refractivity contribution >= 4 is 11.6 Å². The van der Waals surface area contributed by atoms with Gasteiger partial charge in [-0.25, -0.2) is 0 Å². The highest BCUT2D eigenvalue weighted by molar-refractivity contribution is 5.93. The molecule has 0 unspecified atom stereocenters. The lowest BCUT2D eigenvalue weighted by Gasteiger charge is -2.01. The van der Waals surface area contributed by atoms with Gasteiger partial charge in [-0.3, -0.25) is 14.3 Å². The SMILES string of the molecule is Cc1ccc(-c2cc(C(=O)NCc3nnc4ccccn34)n[nH]2)o1. The number of amides is 1. The molecule has 0 fully saturated rings. The van der Waals surface area contributed by atoms with E-state index >= 15 is 0 Å². The first kappa shape index (κ1) is 14.2. The highest BCUT2D eigenvalue weighted by atomic mass is 16.3. The number of nitrogens with one attached hydrogen (secondary N) is 2. The molecule has 4 heterocycles.